The SMILES string of the molecule is Cc1ccc2c(n1)CC=C2. The van der Waals surface area contributed by atoms with Gasteiger partial charge in [0, 0.05) is 12.1 Å². The first kappa shape index (κ1) is 5.66. The lowest BCUT2D eigenvalue weighted by atomic mass is 10.2. The molecule has 1 heterocycles. The summed E-state index contributed by atoms with van der Waals surface area (Å²) in [5.41, 5.74) is 3.62. The fourth-order valence-electron chi connectivity index (χ4n) is 1.23. The van der Waals surface area contributed by atoms with Crippen molar-refractivity contribution in [3.8, 4) is 0 Å². The molecule has 0 amide bonds. The molecule has 0 aromatic carbocycles. The van der Waals surface area contributed by atoms with Gasteiger partial charge in [-0.25, -0.2) is 0 Å². The normalized spacial score (nSPS) is 13.7. The van der Waals surface area contributed by atoms with Crippen LogP contribution in [0.15, 0.2) is 18.2 Å². The Labute approximate surface area is 60.4 Å². The van der Waals surface area contributed by atoms with Gasteiger partial charge in [0.15, 0.2) is 0 Å². The van der Waals surface area contributed by atoms with Gasteiger partial charge in [-0.1, -0.05) is 18.2 Å². The number of aryl methyl sites for hydroxylation is 1. The third-order valence-electron chi connectivity index (χ3n) is 1.76. The Morgan fingerprint density at radius 2 is 2.30 bits per heavy atom. The molecule has 1 aromatic heterocycles. The van der Waals surface area contributed by atoms with Crippen molar-refractivity contribution in [3.63, 3.8) is 0 Å². The number of allylic oxidation sites excluding steroid dienone is 1. The average Bonchev–Trinajstić information content (AvgIpc) is 2.33. The topological polar surface area (TPSA) is 12.9 Å². The van der Waals surface area contributed by atoms with Crippen LogP contribution in [0.5, 0.6) is 0 Å². The van der Waals surface area contributed by atoms with Crippen LogP contribution in [0, 0.1) is 6.92 Å². The maximum atomic E-state index is 4.39. The summed E-state index contributed by atoms with van der Waals surface area (Å²) < 4.78 is 0. The largest absolute Gasteiger partial charge is 0.257 e. The first-order chi connectivity index (χ1) is 4.86. The maximum absolute atomic E-state index is 4.39. The fraction of sp³-hybridized carbons (Fsp3) is 0.222. The van der Waals surface area contributed by atoms with E-state index in [4.69, 9.17) is 0 Å². The van der Waals surface area contributed by atoms with E-state index in [1.807, 2.05) is 6.92 Å². The Morgan fingerprint density at radius 3 is 3.20 bits per heavy atom. The summed E-state index contributed by atoms with van der Waals surface area (Å²) in [6, 6.07) is 4.18. The molecule has 50 valence electrons. The molecule has 0 saturated heterocycles. The minimum absolute atomic E-state index is 1.01. The van der Waals surface area contributed by atoms with Crippen LogP contribution in [-0.2, 0) is 6.42 Å². The lowest BCUT2D eigenvalue weighted by Crippen LogP contribution is -1.89. The zero-order chi connectivity index (χ0) is 6.97. The highest BCUT2D eigenvalue weighted by Crippen LogP contribution is 2.16. The van der Waals surface area contributed by atoms with Crippen LogP contribution in [0.2, 0.25) is 0 Å². The van der Waals surface area contributed by atoms with Crippen molar-refractivity contribution in [1.29, 1.82) is 0 Å². The minimum atomic E-state index is 1.01. The second-order valence-electron chi connectivity index (χ2n) is 2.60. The van der Waals surface area contributed by atoms with Crippen molar-refractivity contribution < 1.29 is 0 Å². The molecule has 0 N–H and O–H groups in total. The van der Waals surface area contributed by atoms with Gasteiger partial charge < -0.3 is 0 Å². The number of rotatable bonds is 0. The van der Waals surface area contributed by atoms with Gasteiger partial charge >= 0.3 is 0 Å². The molecule has 1 aliphatic carbocycles. The molecule has 0 atom stereocenters. The fourth-order valence-corrected chi connectivity index (χ4v) is 1.23. The number of hydrogen-bond acceptors (Lipinski definition) is 1. The van der Waals surface area contributed by atoms with Gasteiger partial charge in [-0.15, -0.1) is 0 Å². The van der Waals surface area contributed by atoms with E-state index in [-0.39, 0.29) is 0 Å². The van der Waals surface area contributed by atoms with Crippen LogP contribution >= 0.6 is 0 Å². The van der Waals surface area contributed by atoms with Crippen molar-refractivity contribution >= 4 is 6.08 Å². The molecule has 1 aromatic rings. The molecule has 0 saturated carbocycles. The molecule has 1 nitrogen and oxygen atoms in total. The van der Waals surface area contributed by atoms with Gasteiger partial charge in [0.1, 0.15) is 0 Å². The third-order valence-corrected chi connectivity index (χ3v) is 1.76. The van der Waals surface area contributed by atoms with Crippen LogP contribution < -0.4 is 0 Å². The van der Waals surface area contributed by atoms with Gasteiger partial charge in [-0.2, -0.15) is 0 Å². The molecular weight excluding hydrogens is 122 g/mol. The molecule has 0 fully saturated rings. The smallest absolute Gasteiger partial charge is 0.0516 e. The predicted molar refractivity (Wildman–Crippen MR) is 41.7 cm³/mol. The van der Waals surface area contributed by atoms with Crippen LogP contribution in [-0.4, -0.2) is 4.98 Å². The number of nitrogens with zero attached hydrogens (tertiary/aromatic N) is 1. The number of hydrogen-bond donors (Lipinski definition) is 0. The Kier molecular flexibility index (Phi) is 1.10. The summed E-state index contributed by atoms with van der Waals surface area (Å²) in [6.45, 7) is 2.03. The molecule has 0 unspecified atom stereocenters. The van der Waals surface area contributed by atoms with Crippen LogP contribution in [0.3, 0.4) is 0 Å². The second-order valence-corrected chi connectivity index (χ2v) is 2.60. The van der Waals surface area contributed by atoms with Gasteiger partial charge in [0.25, 0.3) is 0 Å². The molecule has 2 rings (SSSR count). The Hall–Kier alpha value is -1.11. The minimum Gasteiger partial charge on any atom is -0.257 e. The van der Waals surface area contributed by atoms with E-state index in [2.05, 4.69) is 29.3 Å². The van der Waals surface area contributed by atoms with Crippen molar-refractivity contribution in [2.24, 2.45) is 0 Å². The first-order valence-electron chi connectivity index (χ1n) is 3.49. The zero-order valence-corrected chi connectivity index (χ0v) is 5.96. The van der Waals surface area contributed by atoms with Gasteiger partial charge in [0.05, 0.1) is 5.69 Å². The Morgan fingerprint density at radius 1 is 1.40 bits per heavy atom. The summed E-state index contributed by atoms with van der Waals surface area (Å²) in [5.74, 6) is 0. The Bertz CT molecular complexity index is 287. The van der Waals surface area contributed by atoms with Gasteiger partial charge in [-0.3, -0.25) is 4.98 Å². The van der Waals surface area contributed by atoms with Crippen LogP contribution in [0.25, 0.3) is 6.08 Å². The summed E-state index contributed by atoms with van der Waals surface area (Å²) in [7, 11) is 0. The number of aromatic nitrogens is 1. The zero-order valence-electron chi connectivity index (χ0n) is 5.96. The van der Waals surface area contributed by atoms with Crippen molar-refractivity contribution in [3.05, 3.63) is 35.2 Å². The standard InChI is InChI=1S/C9H9N/c1-7-5-6-8-3-2-4-9(8)10-7/h2-3,5-6H,4H2,1H3. The highest BCUT2D eigenvalue weighted by molar-refractivity contribution is 5.57. The molecule has 1 heteroatoms. The van der Waals surface area contributed by atoms with Crippen LogP contribution in [0.1, 0.15) is 17.0 Å². The highest BCUT2D eigenvalue weighted by Gasteiger charge is 2.04. The number of pyridine rings is 1. The van der Waals surface area contributed by atoms with E-state index in [1.165, 1.54) is 11.3 Å². The molecule has 0 spiro atoms. The summed E-state index contributed by atoms with van der Waals surface area (Å²) in [6.07, 6.45) is 5.29. The van der Waals surface area contributed by atoms with Crippen molar-refractivity contribution in [1.82, 2.24) is 4.98 Å². The average molecular weight is 131 g/mol. The van der Waals surface area contributed by atoms with Crippen LogP contribution in [0.4, 0.5) is 0 Å². The first-order valence-corrected chi connectivity index (χ1v) is 3.49. The predicted octanol–water partition coefficient (Wildman–Crippen LogP) is 1.96. The van der Waals surface area contributed by atoms with E-state index >= 15 is 0 Å². The lowest BCUT2D eigenvalue weighted by molar-refractivity contribution is 1.08. The molecule has 0 aliphatic heterocycles. The number of fused-ring (bicyclic) bond motifs is 1. The molecule has 0 bridgehead atoms. The van der Waals surface area contributed by atoms with Crippen molar-refractivity contribution in [2.75, 3.05) is 0 Å². The molecule has 0 radical (unpaired) electrons. The van der Waals surface area contributed by atoms with Crippen molar-refractivity contribution in [2.45, 2.75) is 13.3 Å². The molecule has 10 heavy (non-hydrogen) atoms. The lowest BCUT2D eigenvalue weighted by Gasteiger charge is -1.97. The van der Waals surface area contributed by atoms with Gasteiger partial charge in [-0.05, 0) is 18.6 Å². The molecule has 1 aliphatic rings. The highest BCUT2D eigenvalue weighted by atomic mass is 14.7. The Balaban J connectivity index is 2.59. The second kappa shape index (κ2) is 1.94. The molecular formula is C9H9N. The summed E-state index contributed by atoms with van der Waals surface area (Å²) in [4.78, 5) is 4.39. The third kappa shape index (κ3) is 0.747. The summed E-state index contributed by atoms with van der Waals surface area (Å²) >= 11 is 0. The van der Waals surface area contributed by atoms with E-state index < -0.39 is 0 Å². The van der Waals surface area contributed by atoms with E-state index in [0.717, 1.165) is 12.1 Å². The summed E-state index contributed by atoms with van der Waals surface area (Å²) in [5, 5.41) is 0. The maximum Gasteiger partial charge on any atom is 0.0516 e. The van der Waals surface area contributed by atoms with Gasteiger partial charge in [0.2, 0.25) is 0 Å². The van der Waals surface area contributed by atoms with E-state index in [0.29, 0.717) is 0 Å². The van der Waals surface area contributed by atoms with E-state index in [1.54, 1.807) is 0 Å². The van der Waals surface area contributed by atoms with E-state index in [9.17, 15) is 0 Å². The quantitative estimate of drug-likeness (QED) is 0.524. The monoisotopic (exact) mass is 131 g/mol.